The predicted octanol–water partition coefficient (Wildman–Crippen LogP) is 2.44. The molecule has 4 rings (SSSR count). The SMILES string of the molecule is COc1ccc(CNC(=O)[C@@H]2CCCN(S(=O)(=O)c3cc4c(cc3C)NC(=O)[C@@H](C)O4)C2)cc1. The quantitative estimate of drug-likeness (QED) is 0.647. The number of anilines is 1. The minimum atomic E-state index is -3.85. The number of nitrogens with one attached hydrogen (secondary N) is 2. The number of rotatable bonds is 6. The van der Waals surface area contributed by atoms with Gasteiger partial charge in [0.2, 0.25) is 15.9 Å². The first-order valence-corrected chi connectivity index (χ1v) is 12.7. The van der Waals surface area contributed by atoms with Gasteiger partial charge in [0.05, 0.1) is 23.6 Å². The second-order valence-electron chi connectivity index (χ2n) is 8.63. The molecule has 2 aliphatic rings. The van der Waals surface area contributed by atoms with Crippen molar-refractivity contribution in [2.24, 2.45) is 5.92 Å². The standard InChI is InChI=1S/C24H29N3O6S/c1-15-11-20-21(33-16(2)23(28)26-20)12-22(15)34(30,31)27-10-4-5-18(14-27)24(29)25-13-17-6-8-19(32-3)9-7-17/h6-9,11-12,16,18H,4-5,10,13-14H2,1-3H3,(H,25,29)(H,26,28)/t16-,18-/m1/s1. The highest BCUT2D eigenvalue weighted by atomic mass is 32.2. The number of hydrogen-bond acceptors (Lipinski definition) is 6. The number of benzene rings is 2. The Labute approximate surface area is 199 Å². The maximum atomic E-state index is 13.5. The van der Waals surface area contributed by atoms with Crippen molar-refractivity contribution in [3.63, 3.8) is 0 Å². The van der Waals surface area contributed by atoms with Crippen molar-refractivity contribution >= 4 is 27.5 Å². The van der Waals surface area contributed by atoms with Crippen molar-refractivity contribution in [2.75, 3.05) is 25.5 Å². The van der Waals surface area contributed by atoms with E-state index in [1.54, 1.807) is 27.0 Å². The topological polar surface area (TPSA) is 114 Å². The Morgan fingerprint density at radius 1 is 1.26 bits per heavy atom. The molecule has 34 heavy (non-hydrogen) atoms. The molecular weight excluding hydrogens is 458 g/mol. The second-order valence-corrected chi connectivity index (χ2v) is 10.5. The van der Waals surface area contributed by atoms with E-state index in [0.717, 1.165) is 11.3 Å². The van der Waals surface area contributed by atoms with Gasteiger partial charge in [-0.15, -0.1) is 0 Å². The van der Waals surface area contributed by atoms with Gasteiger partial charge in [-0.05, 0) is 56.0 Å². The van der Waals surface area contributed by atoms with E-state index in [2.05, 4.69) is 10.6 Å². The summed E-state index contributed by atoms with van der Waals surface area (Å²) in [6.45, 7) is 4.10. The van der Waals surface area contributed by atoms with E-state index in [1.165, 1.54) is 10.4 Å². The highest BCUT2D eigenvalue weighted by Gasteiger charge is 2.35. The van der Waals surface area contributed by atoms with Crippen LogP contribution in [0.2, 0.25) is 0 Å². The van der Waals surface area contributed by atoms with Gasteiger partial charge in [0.25, 0.3) is 5.91 Å². The number of nitrogens with zero attached hydrogens (tertiary/aromatic N) is 1. The van der Waals surface area contributed by atoms with Gasteiger partial charge in [0, 0.05) is 25.7 Å². The lowest BCUT2D eigenvalue weighted by atomic mass is 9.99. The van der Waals surface area contributed by atoms with Crippen molar-refractivity contribution in [2.45, 2.75) is 44.2 Å². The molecule has 2 amide bonds. The molecule has 0 aromatic heterocycles. The first kappa shape index (κ1) is 24.0. The van der Waals surface area contributed by atoms with Crippen LogP contribution in [0.15, 0.2) is 41.3 Å². The van der Waals surface area contributed by atoms with Gasteiger partial charge in [-0.3, -0.25) is 9.59 Å². The summed E-state index contributed by atoms with van der Waals surface area (Å²) in [5.74, 6) is 0.181. The monoisotopic (exact) mass is 487 g/mol. The second kappa shape index (κ2) is 9.63. The normalized spacial score (nSPS) is 20.6. The maximum absolute atomic E-state index is 13.5. The molecule has 2 atom stereocenters. The molecule has 2 N–H and O–H groups in total. The Morgan fingerprint density at radius 3 is 2.71 bits per heavy atom. The largest absolute Gasteiger partial charge is 0.497 e. The minimum absolute atomic E-state index is 0.112. The number of ether oxygens (including phenoxy) is 2. The Kier molecular flexibility index (Phi) is 6.81. The Hall–Kier alpha value is -3.11. The highest BCUT2D eigenvalue weighted by molar-refractivity contribution is 7.89. The van der Waals surface area contributed by atoms with Crippen LogP contribution in [0.1, 0.15) is 30.9 Å². The molecule has 10 heteroatoms. The first-order valence-electron chi connectivity index (χ1n) is 11.2. The number of carbonyl (C=O) groups is 2. The predicted molar refractivity (Wildman–Crippen MR) is 126 cm³/mol. The van der Waals surface area contributed by atoms with Gasteiger partial charge < -0.3 is 20.1 Å². The van der Waals surface area contributed by atoms with Crippen molar-refractivity contribution in [1.82, 2.24) is 9.62 Å². The third-order valence-corrected chi connectivity index (χ3v) is 8.21. The Morgan fingerprint density at radius 2 is 2.00 bits per heavy atom. The number of aryl methyl sites for hydroxylation is 1. The zero-order valence-corrected chi connectivity index (χ0v) is 20.3. The molecule has 1 fully saturated rings. The molecule has 2 aliphatic heterocycles. The van der Waals surface area contributed by atoms with Crippen molar-refractivity contribution in [3.05, 3.63) is 47.5 Å². The van der Waals surface area contributed by atoms with Gasteiger partial charge in [-0.25, -0.2) is 8.42 Å². The third-order valence-electron chi connectivity index (χ3n) is 6.21. The summed E-state index contributed by atoms with van der Waals surface area (Å²) in [5, 5.41) is 5.65. The highest BCUT2D eigenvalue weighted by Crippen LogP contribution is 2.36. The number of hydrogen-bond donors (Lipinski definition) is 2. The van der Waals surface area contributed by atoms with Crippen LogP contribution in [0, 0.1) is 12.8 Å². The van der Waals surface area contributed by atoms with Gasteiger partial charge in [-0.2, -0.15) is 4.31 Å². The fourth-order valence-corrected chi connectivity index (χ4v) is 5.96. The average molecular weight is 488 g/mol. The number of carbonyl (C=O) groups excluding carboxylic acids is 2. The summed E-state index contributed by atoms with van der Waals surface area (Å²) in [6, 6.07) is 10.5. The van der Waals surface area contributed by atoms with E-state index in [4.69, 9.17) is 9.47 Å². The fraction of sp³-hybridized carbons (Fsp3) is 0.417. The first-order chi connectivity index (χ1) is 16.2. The minimum Gasteiger partial charge on any atom is -0.497 e. The Bertz CT molecular complexity index is 1200. The summed E-state index contributed by atoms with van der Waals surface area (Å²) in [5.41, 5.74) is 1.89. The van der Waals surface area contributed by atoms with Crippen LogP contribution in [0.4, 0.5) is 5.69 Å². The summed E-state index contributed by atoms with van der Waals surface area (Å²) in [6.07, 6.45) is 0.503. The van der Waals surface area contributed by atoms with Crippen molar-refractivity contribution < 1.29 is 27.5 Å². The van der Waals surface area contributed by atoms with Crippen LogP contribution in [0.25, 0.3) is 0 Å². The van der Waals surface area contributed by atoms with E-state index in [0.29, 0.717) is 42.9 Å². The number of amides is 2. The summed E-state index contributed by atoms with van der Waals surface area (Å²) in [7, 11) is -2.26. The molecule has 0 spiro atoms. The third kappa shape index (κ3) is 4.88. The molecule has 2 heterocycles. The van der Waals surface area contributed by atoms with Crippen LogP contribution in [0.5, 0.6) is 11.5 Å². The average Bonchev–Trinajstić information content (AvgIpc) is 2.83. The zero-order valence-electron chi connectivity index (χ0n) is 19.5. The van der Waals surface area contributed by atoms with Gasteiger partial charge in [-0.1, -0.05) is 12.1 Å². The molecule has 0 bridgehead atoms. The van der Waals surface area contributed by atoms with Gasteiger partial charge in [0.15, 0.2) is 6.10 Å². The molecule has 9 nitrogen and oxygen atoms in total. The zero-order chi connectivity index (χ0) is 24.5. The van der Waals surface area contributed by atoms with Crippen LogP contribution in [-0.2, 0) is 26.2 Å². The van der Waals surface area contributed by atoms with Crippen LogP contribution in [0.3, 0.4) is 0 Å². The molecule has 182 valence electrons. The van der Waals surface area contributed by atoms with E-state index < -0.39 is 22.0 Å². The van der Waals surface area contributed by atoms with Crippen molar-refractivity contribution in [1.29, 1.82) is 0 Å². The molecule has 1 saturated heterocycles. The fourth-order valence-electron chi connectivity index (χ4n) is 4.21. The summed E-state index contributed by atoms with van der Waals surface area (Å²) in [4.78, 5) is 24.8. The maximum Gasteiger partial charge on any atom is 0.265 e. The van der Waals surface area contributed by atoms with E-state index in [1.807, 2.05) is 24.3 Å². The molecular formula is C24H29N3O6S. The van der Waals surface area contributed by atoms with E-state index >= 15 is 0 Å². The lowest BCUT2D eigenvalue weighted by molar-refractivity contribution is -0.126. The number of piperidine rings is 1. The summed E-state index contributed by atoms with van der Waals surface area (Å²) < 4.78 is 39.1. The molecule has 0 radical (unpaired) electrons. The lowest BCUT2D eigenvalue weighted by Crippen LogP contribution is -2.45. The molecule has 2 aromatic carbocycles. The van der Waals surface area contributed by atoms with Gasteiger partial charge in [0.1, 0.15) is 11.5 Å². The van der Waals surface area contributed by atoms with Crippen LogP contribution < -0.4 is 20.1 Å². The molecule has 0 aliphatic carbocycles. The molecule has 2 aromatic rings. The molecule has 0 saturated carbocycles. The number of sulfonamides is 1. The molecule has 0 unspecified atom stereocenters. The smallest absolute Gasteiger partial charge is 0.265 e. The number of fused-ring (bicyclic) bond motifs is 1. The number of methoxy groups -OCH3 is 1. The summed E-state index contributed by atoms with van der Waals surface area (Å²) >= 11 is 0. The lowest BCUT2D eigenvalue weighted by Gasteiger charge is -2.32. The van der Waals surface area contributed by atoms with Crippen LogP contribution in [-0.4, -0.2) is 50.8 Å². The van der Waals surface area contributed by atoms with Crippen LogP contribution >= 0.6 is 0 Å². The van der Waals surface area contributed by atoms with Crippen molar-refractivity contribution in [3.8, 4) is 11.5 Å². The Balaban J connectivity index is 1.46. The van der Waals surface area contributed by atoms with Gasteiger partial charge >= 0.3 is 0 Å². The van der Waals surface area contributed by atoms with E-state index in [9.17, 15) is 18.0 Å². The van der Waals surface area contributed by atoms with E-state index in [-0.39, 0.29) is 23.3 Å².